The number of nitrogens with zero attached hydrogens (tertiary/aromatic N) is 2. The van der Waals surface area contributed by atoms with Crippen molar-refractivity contribution in [3.8, 4) is 0 Å². The highest BCUT2D eigenvalue weighted by Gasteiger charge is 2.09. The van der Waals surface area contributed by atoms with Gasteiger partial charge in [0, 0.05) is 33.5 Å². The number of rotatable bonds is 6. The Hall–Kier alpha value is -1.62. The van der Waals surface area contributed by atoms with Gasteiger partial charge >= 0.3 is 0 Å². The van der Waals surface area contributed by atoms with Crippen LogP contribution in [0.3, 0.4) is 0 Å². The third kappa shape index (κ3) is 3.20. The summed E-state index contributed by atoms with van der Waals surface area (Å²) in [6, 6.07) is 3.76. The van der Waals surface area contributed by atoms with Gasteiger partial charge in [-0.2, -0.15) is 0 Å². The van der Waals surface area contributed by atoms with Crippen LogP contribution in [-0.2, 0) is 4.74 Å². The number of amidine groups is 1. The highest BCUT2D eigenvalue weighted by atomic mass is 16.5. The number of hydrogen-bond donors (Lipinski definition) is 2. The second-order valence-electron chi connectivity index (χ2n) is 3.55. The van der Waals surface area contributed by atoms with Gasteiger partial charge in [0.1, 0.15) is 11.5 Å². The van der Waals surface area contributed by atoms with Crippen LogP contribution in [0.5, 0.6) is 0 Å². The maximum atomic E-state index is 7.45. The second-order valence-corrected chi connectivity index (χ2v) is 3.55. The number of nitrogen functional groups attached to an aromatic ring is 1. The fraction of sp³-hybridized carbons (Fsp3) is 0.455. The monoisotopic (exact) mass is 222 g/mol. The number of anilines is 1. The topological polar surface area (TPSA) is 75.2 Å². The highest BCUT2D eigenvalue weighted by Crippen LogP contribution is 2.16. The van der Waals surface area contributed by atoms with Crippen molar-refractivity contribution in [2.75, 3.05) is 32.2 Å². The average molecular weight is 222 g/mol. The summed E-state index contributed by atoms with van der Waals surface area (Å²) in [7, 11) is 3.64. The highest BCUT2D eigenvalue weighted by molar-refractivity contribution is 5.98. The molecule has 88 valence electrons. The zero-order valence-corrected chi connectivity index (χ0v) is 9.73. The number of nitrogens with one attached hydrogen (secondary N) is 1. The molecule has 0 fully saturated rings. The molecule has 0 saturated heterocycles. The van der Waals surface area contributed by atoms with Crippen molar-refractivity contribution in [2.24, 2.45) is 5.73 Å². The zero-order chi connectivity index (χ0) is 12.0. The molecular weight excluding hydrogens is 204 g/mol. The molecular formula is C11H18N4O. The van der Waals surface area contributed by atoms with Gasteiger partial charge in [0.25, 0.3) is 0 Å². The van der Waals surface area contributed by atoms with E-state index in [1.54, 1.807) is 13.3 Å². The van der Waals surface area contributed by atoms with Crippen molar-refractivity contribution in [1.29, 1.82) is 5.41 Å². The zero-order valence-electron chi connectivity index (χ0n) is 9.73. The smallest absolute Gasteiger partial charge is 0.143 e. The quantitative estimate of drug-likeness (QED) is 0.425. The van der Waals surface area contributed by atoms with Crippen LogP contribution in [0.25, 0.3) is 0 Å². The van der Waals surface area contributed by atoms with Crippen LogP contribution in [-0.4, -0.2) is 38.1 Å². The van der Waals surface area contributed by atoms with E-state index in [0.29, 0.717) is 5.69 Å². The number of methoxy groups -OCH3 is 1. The summed E-state index contributed by atoms with van der Waals surface area (Å²) in [6.45, 7) is 1.57. The van der Waals surface area contributed by atoms with E-state index >= 15 is 0 Å². The molecule has 0 amide bonds. The molecule has 1 heterocycles. The third-order valence-electron chi connectivity index (χ3n) is 2.29. The van der Waals surface area contributed by atoms with Crippen LogP contribution < -0.4 is 10.6 Å². The molecule has 16 heavy (non-hydrogen) atoms. The van der Waals surface area contributed by atoms with Gasteiger partial charge in [-0.05, 0) is 18.6 Å². The number of hydrogen-bond acceptors (Lipinski definition) is 4. The van der Waals surface area contributed by atoms with Gasteiger partial charge in [-0.3, -0.25) is 10.4 Å². The lowest BCUT2D eigenvalue weighted by Crippen LogP contribution is -2.24. The van der Waals surface area contributed by atoms with E-state index in [9.17, 15) is 0 Å². The Morgan fingerprint density at radius 2 is 2.38 bits per heavy atom. The Bertz CT molecular complexity index is 354. The molecule has 0 bridgehead atoms. The van der Waals surface area contributed by atoms with Crippen LogP contribution >= 0.6 is 0 Å². The molecule has 0 aliphatic rings. The number of pyridine rings is 1. The minimum Gasteiger partial charge on any atom is -0.385 e. The lowest BCUT2D eigenvalue weighted by atomic mass is 10.2. The van der Waals surface area contributed by atoms with Crippen LogP contribution in [0.15, 0.2) is 18.3 Å². The molecule has 1 aromatic heterocycles. The molecule has 0 atom stereocenters. The minimum atomic E-state index is -0.00538. The van der Waals surface area contributed by atoms with Gasteiger partial charge in [0.05, 0.1) is 5.69 Å². The molecule has 5 nitrogen and oxygen atoms in total. The Morgan fingerprint density at radius 1 is 1.62 bits per heavy atom. The van der Waals surface area contributed by atoms with E-state index in [0.717, 1.165) is 25.3 Å². The van der Waals surface area contributed by atoms with Crippen LogP contribution in [0, 0.1) is 5.41 Å². The van der Waals surface area contributed by atoms with Crippen molar-refractivity contribution in [3.63, 3.8) is 0 Å². The molecule has 1 rings (SSSR count). The van der Waals surface area contributed by atoms with E-state index in [1.807, 2.05) is 24.1 Å². The first-order valence-electron chi connectivity index (χ1n) is 5.16. The SMILES string of the molecule is COCCCN(C)c1cccnc1C(=N)N. The summed E-state index contributed by atoms with van der Waals surface area (Å²) in [6.07, 6.45) is 2.57. The molecule has 0 unspecified atom stereocenters. The third-order valence-corrected chi connectivity index (χ3v) is 2.29. The summed E-state index contributed by atoms with van der Waals surface area (Å²) < 4.78 is 5.00. The first-order valence-corrected chi connectivity index (χ1v) is 5.16. The van der Waals surface area contributed by atoms with E-state index in [-0.39, 0.29) is 5.84 Å². The molecule has 0 spiro atoms. The lowest BCUT2D eigenvalue weighted by Gasteiger charge is -2.21. The maximum Gasteiger partial charge on any atom is 0.143 e. The van der Waals surface area contributed by atoms with Gasteiger partial charge in [0.2, 0.25) is 0 Å². The summed E-state index contributed by atoms with van der Waals surface area (Å²) in [5.41, 5.74) is 6.89. The Morgan fingerprint density at radius 3 is 3.00 bits per heavy atom. The van der Waals surface area contributed by atoms with Gasteiger partial charge in [-0.25, -0.2) is 0 Å². The molecule has 0 aliphatic carbocycles. The molecule has 0 aromatic carbocycles. The number of aromatic nitrogens is 1. The first-order chi connectivity index (χ1) is 7.66. The fourth-order valence-corrected chi connectivity index (χ4v) is 1.48. The Labute approximate surface area is 95.7 Å². The van der Waals surface area contributed by atoms with Crippen molar-refractivity contribution in [2.45, 2.75) is 6.42 Å². The summed E-state index contributed by atoms with van der Waals surface area (Å²) in [5.74, 6) is -0.00538. The fourth-order valence-electron chi connectivity index (χ4n) is 1.48. The molecule has 1 aromatic rings. The molecule has 0 radical (unpaired) electrons. The van der Waals surface area contributed by atoms with E-state index < -0.39 is 0 Å². The average Bonchev–Trinajstić information content (AvgIpc) is 2.29. The van der Waals surface area contributed by atoms with E-state index in [4.69, 9.17) is 15.9 Å². The van der Waals surface area contributed by atoms with Crippen molar-refractivity contribution in [3.05, 3.63) is 24.0 Å². The normalized spacial score (nSPS) is 10.1. The minimum absolute atomic E-state index is 0.00538. The van der Waals surface area contributed by atoms with Crippen LogP contribution in [0.1, 0.15) is 12.1 Å². The molecule has 3 N–H and O–H groups in total. The van der Waals surface area contributed by atoms with Gasteiger partial charge in [0.15, 0.2) is 0 Å². The van der Waals surface area contributed by atoms with Crippen LogP contribution in [0.2, 0.25) is 0 Å². The Balaban J connectivity index is 2.74. The van der Waals surface area contributed by atoms with Crippen molar-refractivity contribution < 1.29 is 4.74 Å². The largest absolute Gasteiger partial charge is 0.385 e. The number of ether oxygens (including phenoxy) is 1. The summed E-state index contributed by atoms with van der Waals surface area (Å²) >= 11 is 0. The second kappa shape index (κ2) is 6.07. The number of nitrogens with two attached hydrogens (primary N) is 1. The van der Waals surface area contributed by atoms with Crippen molar-refractivity contribution in [1.82, 2.24) is 4.98 Å². The Kier molecular flexibility index (Phi) is 4.72. The van der Waals surface area contributed by atoms with Gasteiger partial charge in [-0.15, -0.1) is 0 Å². The predicted molar refractivity (Wildman–Crippen MR) is 65.0 cm³/mol. The van der Waals surface area contributed by atoms with E-state index in [1.165, 1.54) is 0 Å². The van der Waals surface area contributed by atoms with Crippen LogP contribution in [0.4, 0.5) is 5.69 Å². The predicted octanol–water partition coefficient (Wildman–Crippen LogP) is 0.838. The van der Waals surface area contributed by atoms with E-state index in [2.05, 4.69) is 4.98 Å². The van der Waals surface area contributed by atoms with Crippen molar-refractivity contribution >= 4 is 11.5 Å². The molecule has 0 aliphatic heterocycles. The summed E-state index contributed by atoms with van der Waals surface area (Å²) in [4.78, 5) is 6.14. The molecule has 5 heteroatoms. The van der Waals surface area contributed by atoms with Gasteiger partial charge < -0.3 is 15.4 Å². The summed E-state index contributed by atoms with van der Waals surface area (Å²) in [5, 5.41) is 7.45. The molecule has 0 saturated carbocycles. The van der Waals surface area contributed by atoms with Gasteiger partial charge in [-0.1, -0.05) is 0 Å². The lowest BCUT2D eigenvalue weighted by molar-refractivity contribution is 0.196. The maximum absolute atomic E-state index is 7.45. The first kappa shape index (κ1) is 12.4. The standard InChI is InChI=1S/C11H18N4O/c1-15(7-4-8-16-2)9-5-3-6-14-10(9)11(12)13/h3,5-6H,4,7-8H2,1-2H3,(H3,12,13).